The number of hydrogen-bond acceptors (Lipinski definition) is 2. The fourth-order valence-corrected chi connectivity index (χ4v) is 6.97. The number of imide groups is 1. The normalized spacial score (nSPS) is 62.2. The van der Waals surface area contributed by atoms with E-state index in [0.29, 0.717) is 17.8 Å². The van der Waals surface area contributed by atoms with E-state index in [-0.39, 0.29) is 28.3 Å². The molecule has 2 spiro atoms. The second kappa shape index (κ2) is 1.95. The van der Waals surface area contributed by atoms with Crippen LogP contribution in [0.25, 0.3) is 0 Å². The number of urea groups is 1. The van der Waals surface area contributed by atoms with E-state index in [9.17, 15) is 9.59 Å². The highest BCUT2D eigenvalue weighted by Gasteiger charge is 3.10. The first-order valence-electron chi connectivity index (χ1n) is 6.62. The van der Waals surface area contributed by atoms with Crippen LogP contribution in [0.3, 0.4) is 0 Å². The fraction of sp³-hybridized carbons (Fsp3) is 0.714. The summed E-state index contributed by atoms with van der Waals surface area (Å²) in [4.78, 5) is 28.1. The van der Waals surface area contributed by atoms with Crippen molar-refractivity contribution in [1.29, 1.82) is 0 Å². The van der Waals surface area contributed by atoms with Gasteiger partial charge in [0.05, 0.1) is 11.0 Å². The lowest BCUT2D eigenvalue weighted by molar-refractivity contribution is -0.173. The van der Waals surface area contributed by atoms with Gasteiger partial charge in [-0.25, -0.2) is 4.79 Å². The van der Waals surface area contributed by atoms with E-state index in [2.05, 4.69) is 13.5 Å². The molecular formula is C14H16N2O2. The van der Waals surface area contributed by atoms with Gasteiger partial charge in [0.1, 0.15) is 0 Å². The number of nitrogens with zero attached hydrogens (tertiary/aromatic N) is 2. The van der Waals surface area contributed by atoms with Gasteiger partial charge in [-0.1, -0.05) is 19.1 Å². The molecular weight excluding hydrogens is 228 g/mol. The van der Waals surface area contributed by atoms with Crippen LogP contribution in [0, 0.1) is 28.6 Å². The second-order valence-electron chi connectivity index (χ2n) is 7.04. The quantitative estimate of drug-likeness (QED) is 0.598. The molecule has 0 aromatic rings. The van der Waals surface area contributed by atoms with E-state index in [4.69, 9.17) is 0 Å². The highest BCUT2D eigenvalue weighted by Crippen LogP contribution is 3.05. The van der Waals surface area contributed by atoms with Crippen LogP contribution in [0.5, 0.6) is 0 Å². The van der Waals surface area contributed by atoms with Crippen molar-refractivity contribution in [1.82, 2.24) is 9.80 Å². The van der Waals surface area contributed by atoms with Crippen LogP contribution in [0.15, 0.2) is 12.2 Å². The Balaban J connectivity index is 1.80. The molecule has 5 rings (SSSR count). The topological polar surface area (TPSA) is 40.6 Å². The van der Waals surface area contributed by atoms with Gasteiger partial charge < -0.3 is 4.90 Å². The van der Waals surface area contributed by atoms with Crippen molar-refractivity contribution in [3.8, 4) is 0 Å². The number of fused-ring (bicyclic) bond motifs is 1. The van der Waals surface area contributed by atoms with Gasteiger partial charge in [0.2, 0.25) is 5.91 Å². The molecule has 5 fully saturated rings. The van der Waals surface area contributed by atoms with Crippen molar-refractivity contribution in [2.45, 2.75) is 18.9 Å². The zero-order chi connectivity index (χ0) is 12.8. The largest absolute Gasteiger partial charge is 0.326 e. The molecule has 4 nitrogen and oxygen atoms in total. The monoisotopic (exact) mass is 244 g/mol. The van der Waals surface area contributed by atoms with Crippen molar-refractivity contribution in [3.05, 3.63) is 12.2 Å². The molecule has 1 saturated heterocycles. The number of carbonyl (C=O) groups is 2. The molecule has 4 aliphatic carbocycles. The maximum absolute atomic E-state index is 12.7. The van der Waals surface area contributed by atoms with Gasteiger partial charge in [0, 0.05) is 14.1 Å². The van der Waals surface area contributed by atoms with Gasteiger partial charge in [-0.15, -0.1) is 0 Å². The molecule has 1 heterocycles. The molecule has 0 radical (unpaired) electrons. The molecule has 0 aromatic carbocycles. The minimum absolute atomic E-state index is 0.0735. The lowest BCUT2D eigenvalue weighted by Crippen LogP contribution is -2.77. The molecule has 4 heteroatoms. The average Bonchev–Trinajstić information content (AvgIpc) is 2.65. The van der Waals surface area contributed by atoms with Gasteiger partial charge in [-0.05, 0) is 29.6 Å². The van der Waals surface area contributed by atoms with Crippen molar-refractivity contribution >= 4 is 11.9 Å². The van der Waals surface area contributed by atoms with E-state index in [1.54, 1.807) is 7.05 Å². The van der Waals surface area contributed by atoms with Crippen molar-refractivity contribution < 1.29 is 9.59 Å². The summed E-state index contributed by atoms with van der Waals surface area (Å²) in [5, 5.41) is 0. The molecule has 6 atom stereocenters. The van der Waals surface area contributed by atoms with E-state index < -0.39 is 0 Å². The van der Waals surface area contributed by atoms with E-state index in [0.717, 1.165) is 6.42 Å². The van der Waals surface area contributed by atoms with Crippen LogP contribution >= 0.6 is 0 Å². The SMILES string of the molecule is C=C1CC23C4C1C1C4(C)C12C(=O)N(C)C(=O)N3C. The first-order chi connectivity index (χ1) is 8.38. The Bertz CT molecular complexity index is 599. The molecule has 4 saturated carbocycles. The molecule has 0 N–H and O–H groups in total. The summed E-state index contributed by atoms with van der Waals surface area (Å²) in [6.07, 6.45) is 0.843. The van der Waals surface area contributed by atoms with Crippen LogP contribution in [0.2, 0.25) is 0 Å². The standard InChI is InChI=1S/C14H16N2O2/c1-6-5-13-8-7(6)9-12(8,2)14(9,13)10(17)15(3)11(18)16(13)4/h7-9H,1,5H2,2-4H3. The van der Waals surface area contributed by atoms with Crippen molar-refractivity contribution in [3.63, 3.8) is 0 Å². The summed E-state index contributed by atoms with van der Waals surface area (Å²) in [6.45, 7) is 6.43. The fourth-order valence-electron chi connectivity index (χ4n) is 6.97. The van der Waals surface area contributed by atoms with Gasteiger partial charge in [0.25, 0.3) is 0 Å². The maximum Gasteiger partial charge on any atom is 0.326 e. The Labute approximate surface area is 106 Å². The van der Waals surface area contributed by atoms with Crippen LogP contribution in [-0.4, -0.2) is 41.4 Å². The van der Waals surface area contributed by atoms with Crippen LogP contribution in [-0.2, 0) is 4.79 Å². The Morgan fingerprint density at radius 3 is 2.61 bits per heavy atom. The van der Waals surface area contributed by atoms with Gasteiger partial charge in [0.15, 0.2) is 0 Å². The Kier molecular flexibility index (Phi) is 1.04. The second-order valence-corrected chi connectivity index (χ2v) is 7.04. The minimum Gasteiger partial charge on any atom is -0.320 e. The predicted molar refractivity (Wildman–Crippen MR) is 63.4 cm³/mol. The zero-order valence-corrected chi connectivity index (χ0v) is 10.9. The molecule has 0 bridgehead atoms. The van der Waals surface area contributed by atoms with Crippen molar-refractivity contribution in [2.75, 3.05) is 14.1 Å². The minimum atomic E-state index is -0.256. The summed E-state index contributed by atoms with van der Waals surface area (Å²) < 4.78 is 0. The summed E-state index contributed by atoms with van der Waals surface area (Å²) in [5.41, 5.74) is 0.966. The highest BCUT2D eigenvalue weighted by atomic mass is 16.2. The highest BCUT2D eigenvalue weighted by molar-refractivity contribution is 6.08. The summed E-state index contributed by atoms with van der Waals surface area (Å²) >= 11 is 0. The van der Waals surface area contributed by atoms with Gasteiger partial charge >= 0.3 is 6.03 Å². The number of hydrogen-bond donors (Lipinski definition) is 0. The number of rotatable bonds is 0. The predicted octanol–water partition coefficient (Wildman–Crippen LogP) is 1.09. The Morgan fingerprint density at radius 2 is 1.94 bits per heavy atom. The van der Waals surface area contributed by atoms with Crippen LogP contribution in [0.1, 0.15) is 13.3 Å². The first kappa shape index (κ1) is 9.59. The Hall–Kier alpha value is -1.32. The van der Waals surface area contributed by atoms with E-state index in [1.807, 2.05) is 11.9 Å². The molecule has 94 valence electrons. The van der Waals surface area contributed by atoms with E-state index in [1.165, 1.54) is 10.5 Å². The lowest BCUT2D eigenvalue weighted by Gasteiger charge is -2.63. The molecule has 0 aromatic heterocycles. The summed E-state index contributed by atoms with van der Waals surface area (Å²) in [6, 6.07) is -0.140. The third kappa shape index (κ3) is 0.433. The van der Waals surface area contributed by atoms with Gasteiger partial charge in [-0.2, -0.15) is 0 Å². The lowest BCUT2D eigenvalue weighted by atomic mass is 9.50. The first-order valence-corrected chi connectivity index (χ1v) is 6.62. The van der Waals surface area contributed by atoms with Crippen LogP contribution in [0.4, 0.5) is 4.79 Å². The average molecular weight is 244 g/mol. The molecule has 18 heavy (non-hydrogen) atoms. The summed E-state index contributed by atoms with van der Waals surface area (Å²) in [5.74, 6) is 1.53. The number of carbonyl (C=O) groups excluding carboxylic acids is 2. The molecule has 6 unspecified atom stereocenters. The maximum atomic E-state index is 12.7. The number of amides is 3. The third-order valence-corrected chi connectivity index (χ3v) is 7.22. The van der Waals surface area contributed by atoms with Crippen molar-refractivity contribution in [2.24, 2.45) is 28.6 Å². The Morgan fingerprint density at radius 1 is 1.28 bits per heavy atom. The summed E-state index contributed by atoms with van der Waals surface area (Å²) in [7, 11) is 3.50. The zero-order valence-electron chi connectivity index (χ0n) is 10.9. The molecule has 3 amide bonds. The smallest absolute Gasteiger partial charge is 0.320 e. The molecule has 1 aliphatic heterocycles. The van der Waals surface area contributed by atoms with Crippen LogP contribution < -0.4 is 0 Å². The van der Waals surface area contributed by atoms with Gasteiger partial charge in [-0.3, -0.25) is 9.69 Å². The third-order valence-electron chi connectivity index (χ3n) is 7.22. The van der Waals surface area contributed by atoms with E-state index >= 15 is 0 Å². The molecule has 5 aliphatic rings.